The van der Waals surface area contributed by atoms with Crippen LogP contribution in [0.25, 0.3) is 0 Å². The van der Waals surface area contributed by atoms with Crippen LogP contribution in [0, 0.1) is 0 Å². The summed E-state index contributed by atoms with van der Waals surface area (Å²) in [4.78, 5) is 12.6. The van der Waals surface area contributed by atoms with Crippen LogP contribution in [0.5, 0.6) is 11.5 Å². The zero-order chi connectivity index (χ0) is 14.1. The van der Waals surface area contributed by atoms with Gasteiger partial charge in [0.1, 0.15) is 18.1 Å². The van der Waals surface area contributed by atoms with Crippen LogP contribution in [0.1, 0.15) is 35.3 Å². The van der Waals surface area contributed by atoms with E-state index in [9.17, 15) is 4.79 Å². The fraction of sp³-hybridized carbons (Fsp3) is 0.235. The van der Waals surface area contributed by atoms with Crippen LogP contribution in [0.2, 0.25) is 0 Å². The largest absolute Gasteiger partial charge is 0.491 e. The molecular weight excluding hydrogens is 252 g/mol. The predicted molar refractivity (Wildman–Crippen MR) is 76.4 cm³/mol. The number of ether oxygens (including phenoxy) is 2. The van der Waals surface area contributed by atoms with E-state index in [2.05, 4.69) is 0 Å². The lowest BCUT2D eigenvalue weighted by atomic mass is 9.99. The van der Waals surface area contributed by atoms with E-state index in [1.807, 2.05) is 44.2 Å². The molecule has 1 heterocycles. The van der Waals surface area contributed by atoms with Crippen molar-refractivity contribution in [3.8, 4) is 11.5 Å². The zero-order valence-corrected chi connectivity index (χ0v) is 11.6. The lowest BCUT2D eigenvalue weighted by Crippen LogP contribution is -2.07. The number of benzene rings is 2. The number of carbonyl (C=O) groups is 1. The van der Waals surface area contributed by atoms with Gasteiger partial charge in [-0.05, 0) is 32.0 Å². The summed E-state index contributed by atoms with van der Waals surface area (Å²) in [6.45, 7) is 4.33. The second-order valence-corrected chi connectivity index (χ2v) is 5.10. The van der Waals surface area contributed by atoms with E-state index in [4.69, 9.17) is 9.47 Å². The molecule has 1 aliphatic heterocycles. The summed E-state index contributed by atoms with van der Waals surface area (Å²) in [6, 6.07) is 12.9. The minimum absolute atomic E-state index is 0.0118. The van der Waals surface area contributed by atoms with E-state index in [0.29, 0.717) is 29.2 Å². The number of hydrogen-bond donors (Lipinski definition) is 0. The smallest absolute Gasteiger partial charge is 0.197 e. The van der Waals surface area contributed by atoms with Crippen molar-refractivity contribution in [3.05, 3.63) is 59.2 Å². The molecule has 0 N–H and O–H groups in total. The number of rotatable bonds is 2. The first-order chi connectivity index (χ1) is 9.65. The van der Waals surface area contributed by atoms with Gasteiger partial charge in [-0.2, -0.15) is 0 Å². The predicted octanol–water partition coefficient (Wildman–Crippen LogP) is 3.60. The highest BCUT2D eigenvalue weighted by Crippen LogP contribution is 2.31. The molecule has 20 heavy (non-hydrogen) atoms. The quantitative estimate of drug-likeness (QED) is 0.834. The van der Waals surface area contributed by atoms with Gasteiger partial charge >= 0.3 is 0 Å². The molecule has 0 radical (unpaired) electrons. The van der Waals surface area contributed by atoms with Gasteiger partial charge in [0.25, 0.3) is 0 Å². The highest BCUT2D eigenvalue weighted by atomic mass is 16.5. The summed E-state index contributed by atoms with van der Waals surface area (Å²) in [7, 11) is 0. The second-order valence-electron chi connectivity index (χ2n) is 5.10. The summed E-state index contributed by atoms with van der Waals surface area (Å²) >= 11 is 0. The van der Waals surface area contributed by atoms with Crippen LogP contribution in [0.15, 0.2) is 42.5 Å². The molecule has 0 atom stereocenters. The van der Waals surface area contributed by atoms with Gasteiger partial charge in [-0.15, -0.1) is 0 Å². The van der Waals surface area contributed by atoms with Crippen LogP contribution in [0.3, 0.4) is 0 Å². The van der Waals surface area contributed by atoms with Crippen LogP contribution in [0.4, 0.5) is 0 Å². The number of fused-ring (bicyclic) bond motifs is 2. The van der Waals surface area contributed by atoms with Gasteiger partial charge in [-0.3, -0.25) is 4.79 Å². The SMILES string of the molecule is CC(C)Oc1ccc2c(c1)C(=O)c1ccccc1CO2. The van der Waals surface area contributed by atoms with Crippen molar-refractivity contribution in [2.75, 3.05) is 0 Å². The number of carbonyl (C=O) groups excluding carboxylic acids is 1. The first-order valence-corrected chi connectivity index (χ1v) is 6.71. The van der Waals surface area contributed by atoms with Crippen molar-refractivity contribution in [2.24, 2.45) is 0 Å². The number of hydrogen-bond acceptors (Lipinski definition) is 3. The Hall–Kier alpha value is -2.29. The van der Waals surface area contributed by atoms with Gasteiger partial charge in [0.2, 0.25) is 0 Å². The molecule has 102 valence electrons. The Balaban J connectivity index is 2.06. The molecule has 2 aromatic carbocycles. The maximum absolute atomic E-state index is 12.6. The first-order valence-electron chi connectivity index (χ1n) is 6.71. The molecule has 0 saturated carbocycles. The Kier molecular flexibility index (Phi) is 3.18. The third-order valence-corrected chi connectivity index (χ3v) is 3.21. The van der Waals surface area contributed by atoms with Gasteiger partial charge in [-0.25, -0.2) is 0 Å². The monoisotopic (exact) mass is 268 g/mol. The minimum Gasteiger partial charge on any atom is -0.491 e. The van der Waals surface area contributed by atoms with Crippen molar-refractivity contribution in [1.29, 1.82) is 0 Å². The number of ketones is 1. The van der Waals surface area contributed by atoms with Gasteiger partial charge in [-0.1, -0.05) is 24.3 Å². The van der Waals surface area contributed by atoms with Crippen LogP contribution in [-0.4, -0.2) is 11.9 Å². The summed E-state index contributed by atoms with van der Waals surface area (Å²) in [5.74, 6) is 1.29. The Morgan fingerprint density at radius 1 is 1.10 bits per heavy atom. The fourth-order valence-corrected chi connectivity index (χ4v) is 2.33. The minimum atomic E-state index is -0.0118. The summed E-state index contributed by atoms with van der Waals surface area (Å²) in [6.07, 6.45) is 0.0714. The van der Waals surface area contributed by atoms with Gasteiger partial charge in [0.15, 0.2) is 5.78 Å². The van der Waals surface area contributed by atoms with Crippen molar-refractivity contribution in [1.82, 2.24) is 0 Å². The van der Waals surface area contributed by atoms with E-state index in [1.165, 1.54) is 0 Å². The van der Waals surface area contributed by atoms with E-state index in [1.54, 1.807) is 12.1 Å². The van der Waals surface area contributed by atoms with Crippen molar-refractivity contribution in [3.63, 3.8) is 0 Å². The molecule has 0 spiro atoms. The summed E-state index contributed by atoms with van der Waals surface area (Å²) in [5, 5.41) is 0. The highest BCUT2D eigenvalue weighted by molar-refractivity contribution is 6.12. The van der Waals surface area contributed by atoms with E-state index in [-0.39, 0.29) is 11.9 Å². The lowest BCUT2D eigenvalue weighted by Gasteiger charge is -2.12. The van der Waals surface area contributed by atoms with Crippen LogP contribution < -0.4 is 9.47 Å². The fourth-order valence-electron chi connectivity index (χ4n) is 2.33. The molecule has 0 aromatic heterocycles. The topological polar surface area (TPSA) is 35.5 Å². The molecule has 0 fully saturated rings. The highest BCUT2D eigenvalue weighted by Gasteiger charge is 2.22. The Morgan fingerprint density at radius 2 is 1.90 bits per heavy atom. The van der Waals surface area contributed by atoms with E-state index < -0.39 is 0 Å². The molecule has 0 aliphatic carbocycles. The van der Waals surface area contributed by atoms with Gasteiger partial charge in [0.05, 0.1) is 11.7 Å². The van der Waals surface area contributed by atoms with Crippen molar-refractivity contribution in [2.45, 2.75) is 26.6 Å². The third kappa shape index (κ3) is 2.27. The van der Waals surface area contributed by atoms with Crippen molar-refractivity contribution >= 4 is 5.78 Å². The molecule has 0 bridgehead atoms. The molecule has 3 nitrogen and oxygen atoms in total. The molecule has 3 rings (SSSR count). The lowest BCUT2D eigenvalue weighted by molar-refractivity contribution is 0.103. The molecule has 3 heteroatoms. The Labute approximate surface area is 118 Å². The van der Waals surface area contributed by atoms with Gasteiger partial charge in [0, 0.05) is 11.1 Å². The van der Waals surface area contributed by atoms with E-state index >= 15 is 0 Å². The molecule has 0 unspecified atom stereocenters. The van der Waals surface area contributed by atoms with E-state index in [0.717, 1.165) is 5.56 Å². The molecular formula is C17H16O3. The summed E-state index contributed by atoms with van der Waals surface area (Å²) in [5.41, 5.74) is 2.18. The molecule has 0 amide bonds. The maximum atomic E-state index is 12.6. The molecule has 2 aromatic rings. The average molecular weight is 268 g/mol. The second kappa shape index (κ2) is 5.00. The Bertz CT molecular complexity index is 659. The normalized spacial score (nSPS) is 13.2. The maximum Gasteiger partial charge on any atom is 0.197 e. The first kappa shape index (κ1) is 12.7. The standard InChI is InChI=1S/C17H16O3/c1-11(2)20-13-7-8-16-15(9-13)17(18)14-6-4-3-5-12(14)10-19-16/h3-9,11H,10H2,1-2H3. The summed E-state index contributed by atoms with van der Waals surface area (Å²) < 4.78 is 11.4. The Morgan fingerprint density at radius 3 is 2.70 bits per heavy atom. The third-order valence-electron chi connectivity index (χ3n) is 3.21. The average Bonchev–Trinajstić information content (AvgIpc) is 2.57. The van der Waals surface area contributed by atoms with Crippen LogP contribution in [-0.2, 0) is 6.61 Å². The van der Waals surface area contributed by atoms with Gasteiger partial charge < -0.3 is 9.47 Å². The van der Waals surface area contributed by atoms with Crippen LogP contribution >= 0.6 is 0 Å². The zero-order valence-electron chi connectivity index (χ0n) is 11.6. The van der Waals surface area contributed by atoms with Crippen molar-refractivity contribution < 1.29 is 14.3 Å². The molecule has 1 aliphatic rings. The molecule has 0 saturated heterocycles.